The molecule has 17 heavy (non-hydrogen) atoms. The third kappa shape index (κ3) is 3.80. The second-order valence-electron chi connectivity index (χ2n) is 3.55. The first kappa shape index (κ1) is 12.0. The molecule has 0 saturated heterocycles. The summed E-state index contributed by atoms with van der Waals surface area (Å²) in [4.78, 5) is 3.89. The van der Waals surface area contributed by atoms with Crippen molar-refractivity contribution in [2.75, 3.05) is 6.54 Å². The number of rotatable bonds is 5. The minimum atomic E-state index is -0.326. The Balaban J connectivity index is 1.78. The molecule has 0 unspecified atom stereocenters. The Morgan fingerprint density at radius 3 is 2.94 bits per heavy atom. The van der Waals surface area contributed by atoms with E-state index < -0.39 is 0 Å². The highest BCUT2D eigenvalue weighted by Gasteiger charge is 2.00. The lowest BCUT2D eigenvalue weighted by Crippen LogP contribution is -2.17. The maximum absolute atomic E-state index is 13.0. The van der Waals surface area contributed by atoms with Gasteiger partial charge in [-0.05, 0) is 23.8 Å². The quantitative estimate of drug-likeness (QED) is 0.832. The molecule has 90 valence electrons. The summed E-state index contributed by atoms with van der Waals surface area (Å²) in [7, 11) is 0. The van der Waals surface area contributed by atoms with Gasteiger partial charge in [0.15, 0.2) is 5.82 Å². The highest BCUT2D eigenvalue weighted by Crippen LogP contribution is 2.13. The van der Waals surface area contributed by atoms with Gasteiger partial charge in [-0.15, -0.1) is 0 Å². The van der Waals surface area contributed by atoms with Crippen molar-refractivity contribution in [1.29, 1.82) is 0 Å². The molecule has 0 saturated carbocycles. The molecule has 0 bridgehead atoms. The topological polar surface area (TPSA) is 51.0 Å². The number of halogens is 2. The van der Waals surface area contributed by atoms with Crippen molar-refractivity contribution >= 4 is 11.6 Å². The average Bonchev–Trinajstić information content (AvgIpc) is 2.76. The predicted octanol–water partition coefficient (Wildman–Crippen LogP) is 2.19. The first-order valence-electron chi connectivity index (χ1n) is 5.15. The van der Waals surface area contributed by atoms with Crippen LogP contribution in [0.15, 0.2) is 29.1 Å². The molecule has 1 heterocycles. The van der Waals surface area contributed by atoms with Gasteiger partial charge in [0.2, 0.25) is 6.39 Å². The summed E-state index contributed by atoms with van der Waals surface area (Å²) in [6, 6.07) is 4.46. The fraction of sp³-hybridized carbons (Fsp3) is 0.273. The smallest absolute Gasteiger partial charge is 0.213 e. The van der Waals surface area contributed by atoms with E-state index in [0.717, 1.165) is 5.56 Å². The second kappa shape index (κ2) is 5.75. The predicted molar refractivity (Wildman–Crippen MR) is 61.1 cm³/mol. The van der Waals surface area contributed by atoms with Crippen LogP contribution in [0.2, 0.25) is 5.02 Å². The van der Waals surface area contributed by atoms with Crippen molar-refractivity contribution in [3.63, 3.8) is 0 Å². The summed E-state index contributed by atoms with van der Waals surface area (Å²) in [6.45, 7) is 1.24. The Morgan fingerprint density at radius 2 is 2.24 bits per heavy atom. The average molecular weight is 256 g/mol. The number of nitrogens with zero attached hydrogens (tertiary/aromatic N) is 2. The molecule has 1 aromatic carbocycles. The second-order valence-corrected chi connectivity index (χ2v) is 3.99. The van der Waals surface area contributed by atoms with Gasteiger partial charge < -0.3 is 9.84 Å². The molecule has 0 atom stereocenters. The number of hydrogen-bond donors (Lipinski definition) is 1. The van der Waals surface area contributed by atoms with E-state index in [9.17, 15) is 4.39 Å². The summed E-state index contributed by atoms with van der Waals surface area (Å²) in [5, 5.41) is 7.23. The minimum Gasteiger partial charge on any atom is -0.343 e. The Hall–Kier alpha value is -1.46. The summed E-state index contributed by atoms with van der Waals surface area (Å²) >= 11 is 5.74. The largest absolute Gasteiger partial charge is 0.343 e. The molecule has 0 aliphatic carbocycles. The lowest BCUT2D eigenvalue weighted by atomic mass is 10.2. The minimum absolute atomic E-state index is 0.326. The van der Waals surface area contributed by atoms with Gasteiger partial charge in [-0.2, -0.15) is 4.98 Å². The monoisotopic (exact) mass is 255 g/mol. The molecule has 0 fully saturated rings. The maximum atomic E-state index is 13.0. The van der Waals surface area contributed by atoms with Gasteiger partial charge in [-0.3, -0.25) is 0 Å². The fourth-order valence-electron chi connectivity index (χ4n) is 1.45. The van der Waals surface area contributed by atoms with Gasteiger partial charge in [-0.25, -0.2) is 4.39 Å². The van der Waals surface area contributed by atoms with Gasteiger partial charge in [-0.1, -0.05) is 16.8 Å². The van der Waals surface area contributed by atoms with Gasteiger partial charge >= 0.3 is 0 Å². The van der Waals surface area contributed by atoms with E-state index >= 15 is 0 Å². The molecule has 1 N–H and O–H groups in total. The van der Waals surface area contributed by atoms with E-state index in [2.05, 4.69) is 20.0 Å². The maximum Gasteiger partial charge on any atom is 0.213 e. The molecule has 0 aliphatic heterocycles. The highest BCUT2D eigenvalue weighted by molar-refractivity contribution is 6.30. The molecular formula is C11H11ClFN3O. The Bertz CT molecular complexity index is 455. The van der Waals surface area contributed by atoms with Crippen molar-refractivity contribution in [3.8, 4) is 0 Å². The first-order valence-corrected chi connectivity index (χ1v) is 5.53. The van der Waals surface area contributed by atoms with Crippen LogP contribution in [0, 0.1) is 5.82 Å². The van der Waals surface area contributed by atoms with Crippen molar-refractivity contribution < 1.29 is 8.91 Å². The van der Waals surface area contributed by atoms with E-state index in [4.69, 9.17) is 11.6 Å². The fourth-order valence-corrected chi connectivity index (χ4v) is 1.69. The van der Waals surface area contributed by atoms with Crippen LogP contribution >= 0.6 is 11.6 Å². The lowest BCUT2D eigenvalue weighted by molar-refractivity contribution is 0.409. The Labute approximate surface area is 103 Å². The third-order valence-electron chi connectivity index (χ3n) is 2.18. The van der Waals surface area contributed by atoms with Crippen LogP contribution in [0.25, 0.3) is 0 Å². The number of nitrogens with one attached hydrogen (secondary N) is 1. The van der Waals surface area contributed by atoms with Crippen LogP contribution < -0.4 is 5.32 Å². The van der Waals surface area contributed by atoms with Gasteiger partial charge in [0.05, 0.1) is 0 Å². The number of hydrogen-bond acceptors (Lipinski definition) is 4. The van der Waals surface area contributed by atoms with E-state index in [-0.39, 0.29) is 5.82 Å². The summed E-state index contributed by atoms with van der Waals surface area (Å²) in [5.74, 6) is 0.322. The van der Waals surface area contributed by atoms with Crippen LogP contribution in [0.5, 0.6) is 0 Å². The molecule has 0 aliphatic rings. The van der Waals surface area contributed by atoms with Crippen LogP contribution in [0.4, 0.5) is 4.39 Å². The molecule has 4 nitrogen and oxygen atoms in total. The van der Waals surface area contributed by atoms with Crippen molar-refractivity contribution in [2.24, 2.45) is 0 Å². The van der Waals surface area contributed by atoms with Crippen LogP contribution in [0.1, 0.15) is 11.4 Å². The van der Waals surface area contributed by atoms with Crippen LogP contribution in [-0.2, 0) is 13.0 Å². The van der Waals surface area contributed by atoms with E-state index in [1.807, 2.05) is 0 Å². The van der Waals surface area contributed by atoms with Crippen molar-refractivity contribution in [3.05, 3.63) is 46.8 Å². The number of aromatic nitrogens is 2. The van der Waals surface area contributed by atoms with Crippen molar-refractivity contribution in [2.45, 2.75) is 13.0 Å². The first-order chi connectivity index (χ1) is 8.24. The SMILES string of the molecule is Fc1cc(Cl)cc(CNCCc2ncon2)c1. The van der Waals surface area contributed by atoms with Crippen molar-refractivity contribution in [1.82, 2.24) is 15.5 Å². The van der Waals surface area contributed by atoms with Gasteiger partial charge in [0, 0.05) is 24.5 Å². The summed E-state index contributed by atoms with van der Waals surface area (Å²) in [5.41, 5.74) is 0.808. The van der Waals surface area contributed by atoms with E-state index in [1.165, 1.54) is 18.5 Å². The molecular weight excluding hydrogens is 245 g/mol. The Kier molecular flexibility index (Phi) is 4.06. The summed E-state index contributed by atoms with van der Waals surface area (Å²) < 4.78 is 17.6. The normalized spacial score (nSPS) is 10.7. The van der Waals surface area contributed by atoms with Crippen LogP contribution in [0.3, 0.4) is 0 Å². The molecule has 6 heteroatoms. The Morgan fingerprint density at radius 1 is 1.35 bits per heavy atom. The highest BCUT2D eigenvalue weighted by atomic mass is 35.5. The molecule has 1 aromatic heterocycles. The van der Waals surface area contributed by atoms with Gasteiger partial charge in [0.1, 0.15) is 5.82 Å². The molecule has 0 radical (unpaired) electrons. The zero-order valence-electron chi connectivity index (χ0n) is 8.99. The zero-order valence-corrected chi connectivity index (χ0v) is 9.75. The molecule has 2 aromatic rings. The van der Waals surface area contributed by atoms with Crippen LogP contribution in [-0.4, -0.2) is 16.7 Å². The number of benzene rings is 1. The molecule has 0 spiro atoms. The molecule has 2 rings (SSSR count). The zero-order chi connectivity index (χ0) is 12.1. The molecule has 0 amide bonds. The lowest BCUT2D eigenvalue weighted by Gasteiger charge is -2.04. The van der Waals surface area contributed by atoms with E-state index in [0.29, 0.717) is 30.4 Å². The summed E-state index contributed by atoms with van der Waals surface area (Å²) in [6.07, 6.45) is 1.96. The standard InChI is InChI=1S/C11H11ClFN3O/c12-9-3-8(4-10(13)5-9)6-14-2-1-11-15-7-17-16-11/h3-5,7,14H,1-2,6H2. The van der Waals surface area contributed by atoms with Gasteiger partial charge in [0.25, 0.3) is 0 Å². The third-order valence-corrected chi connectivity index (χ3v) is 2.40. The van der Waals surface area contributed by atoms with E-state index in [1.54, 1.807) is 6.07 Å².